The SMILES string of the molecule is ClOP(OCl)OC1(C(Cl)(Cl)Cl)CCCCC1. The van der Waals surface area contributed by atoms with E-state index in [0.29, 0.717) is 12.8 Å². The van der Waals surface area contributed by atoms with Gasteiger partial charge in [0.1, 0.15) is 5.60 Å². The summed E-state index contributed by atoms with van der Waals surface area (Å²) < 4.78 is 12.7. The lowest BCUT2D eigenvalue weighted by Gasteiger charge is -2.42. The van der Waals surface area contributed by atoms with Crippen molar-refractivity contribution in [2.24, 2.45) is 0 Å². The van der Waals surface area contributed by atoms with Crippen molar-refractivity contribution in [3.05, 3.63) is 0 Å². The van der Waals surface area contributed by atoms with E-state index >= 15 is 0 Å². The smallest absolute Gasteiger partial charge is 0.299 e. The second kappa shape index (κ2) is 6.79. The molecule has 1 rings (SSSR count). The van der Waals surface area contributed by atoms with E-state index in [2.05, 4.69) is 8.15 Å². The van der Waals surface area contributed by atoms with Gasteiger partial charge in [0.05, 0.1) is 23.7 Å². The maximum absolute atomic E-state index is 5.95. The van der Waals surface area contributed by atoms with Gasteiger partial charge in [-0.05, 0) is 12.8 Å². The van der Waals surface area contributed by atoms with Crippen LogP contribution in [0.5, 0.6) is 0 Å². The van der Waals surface area contributed by atoms with Crippen LogP contribution in [0.1, 0.15) is 32.1 Å². The predicted molar refractivity (Wildman–Crippen MR) is 68.0 cm³/mol. The first-order valence-electron chi connectivity index (χ1n) is 4.58. The van der Waals surface area contributed by atoms with Crippen molar-refractivity contribution in [3.8, 4) is 0 Å². The number of halogens is 5. The average molecular weight is 350 g/mol. The van der Waals surface area contributed by atoms with Crippen molar-refractivity contribution in [1.82, 2.24) is 0 Å². The highest BCUT2D eigenvalue weighted by Gasteiger charge is 2.52. The summed E-state index contributed by atoms with van der Waals surface area (Å²) in [5, 5.41) is 0. The minimum Gasteiger partial charge on any atom is -0.299 e. The third-order valence-electron chi connectivity index (χ3n) is 2.54. The molecule has 0 heterocycles. The van der Waals surface area contributed by atoms with Crippen LogP contribution < -0.4 is 0 Å². The minimum atomic E-state index is -1.91. The fraction of sp³-hybridized carbons (Fsp3) is 1.00. The van der Waals surface area contributed by atoms with Crippen LogP contribution in [0.4, 0.5) is 0 Å². The lowest BCUT2D eigenvalue weighted by Crippen LogP contribution is -2.46. The van der Waals surface area contributed by atoms with Gasteiger partial charge in [0.25, 0.3) is 0 Å². The van der Waals surface area contributed by atoms with Crippen molar-refractivity contribution in [1.29, 1.82) is 0 Å². The van der Waals surface area contributed by atoms with Gasteiger partial charge in [0.2, 0.25) is 3.79 Å². The van der Waals surface area contributed by atoms with Gasteiger partial charge in [-0.3, -0.25) is 4.52 Å². The quantitative estimate of drug-likeness (QED) is 0.485. The van der Waals surface area contributed by atoms with E-state index in [1.165, 1.54) is 0 Å². The van der Waals surface area contributed by atoms with Crippen LogP contribution in [-0.2, 0) is 12.7 Å². The van der Waals surface area contributed by atoms with Gasteiger partial charge >= 0.3 is 8.60 Å². The molecule has 0 aromatic rings. The molecular formula is C7H10Cl5O3P. The summed E-state index contributed by atoms with van der Waals surface area (Å²) in [4.78, 5) is 0. The Labute approximate surface area is 121 Å². The molecular weight excluding hydrogens is 340 g/mol. The summed E-state index contributed by atoms with van der Waals surface area (Å²) in [6, 6.07) is 0. The molecule has 3 nitrogen and oxygen atoms in total. The zero-order valence-electron chi connectivity index (χ0n) is 8.10. The fourth-order valence-corrected chi connectivity index (χ4v) is 3.68. The molecule has 9 heteroatoms. The summed E-state index contributed by atoms with van der Waals surface area (Å²) in [7, 11) is -1.91. The monoisotopic (exact) mass is 348 g/mol. The molecule has 0 bridgehead atoms. The van der Waals surface area contributed by atoms with E-state index in [0.717, 1.165) is 19.3 Å². The van der Waals surface area contributed by atoms with Crippen LogP contribution in [0.15, 0.2) is 0 Å². The Bertz CT molecular complexity index is 215. The summed E-state index contributed by atoms with van der Waals surface area (Å²) in [5.74, 6) is 0. The molecule has 1 fully saturated rings. The zero-order valence-corrected chi connectivity index (χ0v) is 12.8. The Balaban J connectivity index is 2.78. The molecule has 1 aliphatic rings. The molecule has 0 spiro atoms. The number of alkyl halides is 3. The molecule has 16 heavy (non-hydrogen) atoms. The topological polar surface area (TPSA) is 27.7 Å². The molecule has 96 valence electrons. The van der Waals surface area contributed by atoms with Crippen molar-refractivity contribution in [3.63, 3.8) is 0 Å². The Morgan fingerprint density at radius 3 is 1.81 bits per heavy atom. The maximum atomic E-state index is 5.95. The van der Waals surface area contributed by atoms with Gasteiger partial charge in [0.15, 0.2) is 0 Å². The number of hydrogen-bond acceptors (Lipinski definition) is 3. The van der Waals surface area contributed by atoms with Crippen LogP contribution in [0, 0.1) is 0 Å². The molecule has 0 radical (unpaired) electrons. The van der Waals surface area contributed by atoms with E-state index in [1.54, 1.807) is 0 Å². The summed E-state index contributed by atoms with van der Waals surface area (Å²) in [5.41, 5.74) is -0.953. The van der Waals surface area contributed by atoms with Crippen LogP contribution in [0.3, 0.4) is 0 Å². The average Bonchev–Trinajstić information content (AvgIpc) is 2.26. The fourth-order valence-electron chi connectivity index (χ4n) is 1.73. The third kappa shape index (κ3) is 3.88. The minimum absolute atomic E-state index is 0.600. The van der Waals surface area contributed by atoms with Gasteiger partial charge in [-0.25, -0.2) is 0 Å². The molecule has 0 atom stereocenters. The van der Waals surface area contributed by atoms with Gasteiger partial charge in [0, 0.05) is 0 Å². The van der Waals surface area contributed by atoms with E-state index in [-0.39, 0.29) is 0 Å². The third-order valence-corrected chi connectivity index (χ3v) is 4.97. The van der Waals surface area contributed by atoms with Crippen molar-refractivity contribution in [2.45, 2.75) is 41.5 Å². The van der Waals surface area contributed by atoms with Gasteiger partial charge in [-0.1, -0.05) is 54.1 Å². The van der Waals surface area contributed by atoms with Crippen molar-refractivity contribution >= 4 is 67.1 Å². The van der Waals surface area contributed by atoms with Gasteiger partial charge in [-0.15, -0.1) is 0 Å². The highest BCUT2D eigenvalue weighted by atomic mass is 35.6. The molecule has 0 N–H and O–H groups in total. The number of hydrogen-bond donors (Lipinski definition) is 0. The van der Waals surface area contributed by atoms with E-state index < -0.39 is 18.0 Å². The summed E-state index contributed by atoms with van der Waals surface area (Å²) >= 11 is 28.2. The van der Waals surface area contributed by atoms with Crippen molar-refractivity contribution in [2.75, 3.05) is 0 Å². The Hall–Kier alpha value is 1.76. The first kappa shape index (κ1) is 15.8. The largest absolute Gasteiger partial charge is 0.369 e. The summed E-state index contributed by atoms with van der Waals surface area (Å²) in [6.07, 6.45) is 4.09. The van der Waals surface area contributed by atoms with Crippen LogP contribution in [-0.4, -0.2) is 9.39 Å². The summed E-state index contributed by atoms with van der Waals surface area (Å²) in [6.45, 7) is 0. The second-order valence-electron chi connectivity index (χ2n) is 3.51. The second-order valence-corrected chi connectivity index (χ2v) is 7.52. The Kier molecular flexibility index (Phi) is 6.71. The van der Waals surface area contributed by atoms with Crippen molar-refractivity contribution < 1.29 is 12.7 Å². The number of rotatable bonds is 4. The molecule has 0 aliphatic heterocycles. The van der Waals surface area contributed by atoms with Crippen LogP contribution in [0.25, 0.3) is 0 Å². The zero-order chi connectivity index (χ0) is 12.2. The normalized spacial score (nSPS) is 21.4. The maximum Gasteiger partial charge on any atom is 0.369 e. The molecule has 0 saturated heterocycles. The first-order valence-corrected chi connectivity index (χ1v) is 7.43. The standard InChI is InChI=1S/C7H10Cl5O3P/c8-7(9,10)6(4-2-1-3-5-6)13-16(14-11)15-12/h1-5H2. The highest BCUT2D eigenvalue weighted by molar-refractivity contribution is 7.44. The van der Waals surface area contributed by atoms with Gasteiger partial charge < -0.3 is 0 Å². The van der Waals surface area contributed by atoms with Gasteiger partial charge in [-0.2, -0.15) is 8.15 Å². The Morgan fingerprint density at radius 1 is 0.938 bits per heavy atom. The van der Waals surface area contributed by atoms with E-state index in [1.807, 2.05) is 0 Å². The molecule has 1 saturated carbocycles. The predicted octanol–water partition coefficient (Wildman–Crippen LogP) is 5.64. The molecule has 0 aromatic heterocycles. The molecule has 0 amide bonds. The lowest BCUT2D eigenvalue weighted by molar-refractivity contribution is 0.0270. The highest BCUT2D eigenvalue weighted by Crippen LogP contribution is 2.57. The Morgan fingerprint density at radius 2 is 1.44 bits per heavy atom. The molecule has 0 unspecified atom stereocenters. The van der Waals surface area contributed by atoms with E-state index in [4.69, 9.17) is 63.1 Å². The van der Waals surface area contributed by atoms with Crippen LogP contribution in [0.2, 0.25) is 0 Å². The van der Waals surface area contributed by atoms with Crippen LogP contribution >= 0.6 is 67.1 Å². The molecule has 1 aliphatic carbocycles. The molecule has 0 aromatic carbocycles. The van der Waals surface area contributed by atoms with E-state index in [9.17, 15) is 0 Å². The first-order chi connectivity index (χ1) is 7.45. The lowest BCUT2D eigenvalue weighted by atomic mass is 9.86.